The number of anilines is 2. The third kappa shape index (κ3) is 19.0. The molecule has 1 aromatic carbocycles. The van der Waals surface area contributed by atoms with E-state index in [1.165, 1.54) is 83.5 Å². The van der Waals surface area contributed by atoms with Crippen LogP contribution in [0.5, 0.6) is 0 Å². The molecule has 2 amide bonds. The molecule has 0 spiro atoms. The van der Waals surface area contributed by atoms with Crippen LogP contribution in [0, 0.1) is 0 Å². The van der Waals surface area contributed by atoms with Crippen LogP contribution in [-0.2, 0) is 9.59 Å². The molecule has 0 atom stereocenters. The van der Waals surface area contributed by atoms with E-state index in [9.17, 15) is 9.59 Å². The highest BCUT2D eigenvalue weighted by atomic mass is 16.2. The molecule has 200 valence electrons. The largest absolute Gasteiger partial charge is 0.326 e. The minimum atomic E-state index is -0.0539. The van der Waals surface area contributed by atoms with Crippen molar-refractivity contribution in [2.75, 3.05) is 23.7 Å². The van der Waals surface area contributed by atoms with Crippen LogP contribution in [-0.4, -0.2) is 24.9 Å². The van der Waals surface area contributed by atoms with E-state index >= 15 is 0 Å². The SMILES string of the molecule is CCCCCCCCCCCCCCCCNCC(=O)Nc1cccc(NC(=O)CCCCC)c1. The van der Waals surface area contributed by atoms with Crippen molar-refractivity contribution in [1.29, 1.82) is 0 Å². The van der Waals surface area contributed by atoms with Crippen LogP contribution in [0.4, 0.5) is 11.4 Å². The standard InChI is InChI=1S/C30H53N3O2/c1-3-5-7-8-9-10-11-12-13-14-15-16-17-19-24-31-26-30(35)33-28-22-20-21-27(25-28)32-29(34)23-18-6-4-2/h20-22,25,31H,3-19,23-24,26H2,1-2H3,(H,32,34)(H,33,35). The van der Waals surface area contributed by atoms with Gasteiger partial charge in [0, 0.05) is 17.8 Å². The van der Waals surface area contributed by atoms with E-state index in [-0.39, 0.29) is 11.8 Å². The van der Waals surface area contributed by atoms with Gasteiger partial charge in [0.15, 0.2) is 0 Å². The molecule has 5 heteroatoms. The quantitative estimate of drug-likeness (QED) is 0.136. The molecule has 0 unspecified atom stereocenters. The number of amides is 2. The molecule has 5 nitrogen and oxygen atoms in total. The van der Waals surface area contributed by atoms with Crippen LogP contribution in [0.1, 0.15) is 129 Å². The average Bonchev–Trinajstić information content (AvgIpc) is 2.84. The highest BCUT2D eigenvalue weighted by Gasteiger charge is 2.05. The molecular formula is C30H53N3O2. The number of nitrogens with one attached hydrogen (secondary N) is 3. The van der Waals surface area contributed by atoms with Gasteiger partial charge in [-0.3, -0.25) is 9.59 Å². The Labute approximate surface area is 215 Å². The number of hydrogen-bond acceptors (Lipinski definition) is 3. The van der Waals surface area contributed by atoms with Crippen molar-refractivity contribution >= 4 is 23.2 Å². The van der Waals surface area contributed by atoms with Crippen LogP contribution in [0.25, 0.3) is 0 Å². The molecule has 0 fully saturated rings. The molecule has 3 N–H and O–H groups in total. The lowest BCUT2D eigenvalue weighted by atomic mass is 10.0. The number of hydrogen-bond donors (Lipinski definition) is 3. The van der Waals surface area contributed by atoms with Crippen LogP contribution in [0.2, 0.25) is 0 Å². The zero-order valence-corrected chi connectivity index (χ0v) is 22.8. The van der Waals surface area contributed by atoms with Gasteiger partial charge in [0.05, 0.1) is 6.54 Å². The fraction of sp³-hybridized carbons (Fsp3) is 0.733. The number of carbonyl (C=O) groups excluding carboxylic acids is 2. The molecule has 0 aromatic heterocycles. The van der Waals surface area contributed by atoms with Gasteiger partial charge in [0.2, 0.25) is 11.8 Å². The Morgan fingerprint density at radius 2 is 1.06 bits per heavy atom. The second-order valence-corrected chi connectivity index (χ2v) is 9.91. The summed E-state index contributed by atoms with van der Waals surface area (Å²) in [6.07, 6.45) is 22.6. The summed E-state index contributed by atoms with van der Waals surface area (Å²) in [6.45, 7) is 5.59. The van der Waals surface area contributed by atoms with Gasteiger partial charge in [0.25, 0.3) is 0 Å². The maximum Gasteiger partial charge on any atom is 0.238 e. The minimum absolute atomic E-state index is 0.0248. The van der Waals surface area contributed by atoms with E-state index in [0.29, 0.717) is 18.7 Å². The van der Waals surface area contributed by atoms with Gasteiger partial charge in [-0.2, -0.15) is 0 Å². The number of rotatable bonds is 23. The molecule has 0 saturated carbocycles. The lowest BCUT2D eigenvalue weighted by Gasteiger charge is -2.09. The maximum absolute atomic E-state index is 12.2. The van der Waals surface area contributed by atoms with Crippen LogP contribution in [0.3, 0.4) is 0 Å². The first-order chi connectivity index (χ1) is 17.2. The second kappa shape index (κ2) is 22.6. The Bertz CT molecular complexity index is 663. The summed E-state index contributed by atoms with van der Waals surface area (Å²) in [4.78, 5) is 24.2. The highest BCUT2D eigenvalue weighted by molar-refractivity contribution is 5.94. The maximum atomic E-state index is 12.2. The Hall–Kier alpha value is -1.88. The van der Waals surface area contributed by atoms with Crippen molar-refractivity contribution in [2.24, 2.45) is 0 Å². The second-order valence-electron chi connectivity index (χ2n) is 9.91. The first-order valence-corrected chi connectivity index (χ1v) is 14.6. The smallest absolute Gasteiger partial charge is 0.238 e. The van der Waals surface area contributed by atoms with E-state index in [1.807, 2.05) is 24.3 Å². The predicted octanol–water partition coefficient (Wildman–Crippen LogP) is 8.21. The lowest BCUT2D eigenvalue weighted by molar-refractivity contribution is -0.116. The van der Waals surface area contributed by atoms with Gasteiger partial charge in [-0.25, -0.2) is 0 Å². The average molecular weight is 488 g/mol. The normalized spacial score (nSPS) is 10.9. The van der Waals surface area contributed by atoms with Gasteiger partial charge in [-0.15, -0.1) is 0 Å². The summed E-state index contributed by atoms with van der Waals surface area (Å²) in [5.41, 5.74) is 1.43. The Balaban J connectivity index is 1.98. The zero-order chi connectivity index (χ0) is 25.4. The zero-order valence-electron chi connectivity index (χ0n) is 22.8. The summed E-state index contributed by atoms with van der Waals surface area (Å²) in [6, 6.07) is 7.35. The number of unbranched alkanes of at least 4 members (excludes halogenated alkanes) is 15. The third-order valence-electron chi connectivity index (χ3n) is 6.43. The van der Waals surface area contributed by atoms with Gasteiger partial charge in [-0.05, 0) is 37.6 Å². The molecular weight excluding hydrogens is 434 g/mol. The van der Waals surface area contributed by atoms with Crippen LogP contribution >= 0.6 is 0 Å². The fourth-order valence-corrected chi connectivity index (χ4v) is 4.29. The van der Waals surface area contributed by atoms with E-state index < -0.39 is 0 Å². The van der Waals surface area contributed by atoms with E-state index in [4.69, 9.17) is 0 Å². The summed E-state index contributed by atoms with van der Waals surface area (Å²) < 4.78 is 0. The predicted molar refractivity (Wildman–Crippen MR) is 151 cm³/mol. The Morgan fingerprint density at radius 3 is 1.60 bits per heavy atom. The minimum Gasteiger partial charge on any atom is -0.326 e. The van der Waals surface area contributed by atoms with Gasteiger partial charge in [0.1, 0.15) is 0 Å². The summed E-state index contributed by atoms with van der Waals surface area (Å²) >= 11 is 0. The van der Waals surface area contributed by atoms with Crippen molar-refractivity contribution in [3.05, 3.63) is 24.3 Å². The van der Waals surface area contributed by atoms with E-state index in [0.717, 1.165) is 37.9 Å². The van der Waals surface area contributed by atoms with E-state index in [2.05, 4.69) is 29.8 Å². The summed E-state index contributed by atoms with van der Waals surface area (Å²) in [5, 5.41) is 9.06. The molecule has 0 bridgehead atoms. The van der Waals surface area contributed by atoms with Crippen molar-refractivity contribution in [1.82, 2.24) is 5.32 Å². The molecule has 0 radical (unpaired) electrons. The van der Waals surface area contributed by atoms with Crippen molar-refractivity contribution in [3.63, 3.8) is 0 Å². The molecule has 35 heavy (non-hydrogen) atoms. The van der Waals surface area contributed by atoms with Crippen molar-refractivity contribution < 1.29 is 9.59 Å². The van der Waals surface area contributed by atoms with Crippen molar-refractivity contribution in [3.8, 4) is 0 Å². The van der Waals surface area contributed by atoms with Crippen LogP contribution < -0.4 is 16.0 Å². The fourth-order valence-electron chi connectivity index (χ4n) is 4.29. The van der Waals surface area contributed by atoms with Crippen molar-refractivity contribution in [2.45, 2.75) is 129 Å². The van der Waals surface area contributed by atoms with E-state index in [1.54, 1.807) is 0 Å². The molecule has 1 rings (SSSR count). The summed E-state index contributed by atoms with van der Waals surface area (Å²) in [7, 11) is 0. The number of benzene rings is 1. The monoisotopic (exact) mass is 487 g/mol. The van der Waals surface area contributed by atoms with Gasteiger partial charge in [-0.1, -0.05) is 116 Å². The Kier molecular flexibility index (Phi) is 20.1. The van der Waals surface area contributed by atoms with Crippen LogP contribution in [0.15, 0.2) is 24.3 Å². The third-order valence-corrected chi connectivity index (χ3v) is 6.43. The first kappa shape index (κ1) is 31.2. The Morgan fingerprint density at radius 1 is 0.600 bits per heavy atom. The molecule has 0 aliphatic heterocycles. The van der Waals surface area contributed by atoms with Gasteiger partial charge >= 0.3 is 0 Å². The molecule has 0 saturated heterocycles. The topological polar surface area (TPSA) is 70.2 Å². The first-order valence-electron chi connectivity index (χ1n) is 14.6. The molecule has 0 aliphatic rings. The number of carbonyl (C=O) groups is 2. The highest BCUT2D eigenvalue weighted by Crippen LogP contribution is 2.16. The lowest BCUT2D eigenvalue weighted by Crippen LogP contribution is -2.28. The van der Waals surface area contributed by atoms with Gasteiger partial charge < -0.3 is 16.0 Å². The summed E-state index contributed by atoms with van der Waals surface area (Å²) in [5.74, 6) is -0.0291. The molecule has 1 aromatic rings. The molecule has 0 heterocycles. The molecule has 0 aliphatic carbocycles.